The van der Waals surface area contributed by atoms with Crippen LogP contribution in [0.2, 0.25) is 0 Å². The SMILES string of the molecule is Cc1c(N)nc(Nc2cnn(C)c2)nc1C[C@H]1C[C@H](F)CN1CCS(C)(=O)=O. The van der Waals surface area contributed by atoms with Gasteiger partial charge in [0.2, 0.25) is 5.95 Å². The van der Waals surface area contributed by atoms with E-state index in [1.807, 2.05) is 11.8 Å². The number of nitrogen functional groups attached to an aromatic ring is 1. The molecule has 2 aromatic heterocycles. The fourth-order valence-electron chi connectivity index (χ4n) is 3.37. The van der Waals surface area contributed by atoms with Gasteiger partial charge in [-0.05, 0) is 13.3 Å². The van der Waals surface area contributed by atoms with Crippen LogP contribution in [0.25, 0.3) is 0 Å². The number of aryl methyl sites for hydroxylation is 1. The third-order valence-corrected chi connectivity index (χ3v) is 5.82. The van der Waals surface area contributed by atoms with Gasteiger partial charge in [0.1, 0.15) is 21.8 Å². The van der Waals surface area contributed by atoms with Crippen molar-refractivity contribution in [1.29, 1.82) is 0 Å². The first-order valence-electron chi connectivity index (χ1n) is 9.05. The molecule has 2 aromatic rings. The van der Waals surface area contributed by atoms with Crippen molar-refractivity contribution in [3.63, 3.8) is 0 Å². The predicted octanol–water partition coefficient (Wildman–Crippen LogP) is 0.844. The van der Waals surface area contributed by atoms with Crippen LogP contribution in [0.5, 0.6) is 0 Å². The number of nitrogens with one attached hydrogen (secondary N) is 1. The molecule has 0 spiro atoms. The topological polar surface area (TPSA) is 119 Å². The summed E-state index contributed by atoms with van der Waals surface area (Å²) in [6, 6.07) is -0.129. The molecule has 9 nitrogen and oxygen atoms in total. The van der Waals surface area contributed by atoms with E-state index in [9.17, 15) is 12.8 Å². The first-order chi connectivity index (χ1) is 13.1. The van der Waals surface area contributed by atoms with Crippen molar-refractivity contribution >= 4 is 27.3 Å². The number of nitrogens with zero attached hydrogens (tertiary/aromatic N) is 5. The van der Waals surface area contributed by atoms with Gasteiger partial charge in [0, 0.05) is 50.6 Å². The van der Waals surface area contributed by atoms with Crippen LogP contribution in [0, 0.1) is 6.92 Å². The van der Waals surface area contributed by atoms with Gasteiger partial charge in [-0.25, -0.2) is 17.8 Å². The summed E-state index contributed by atoms with van der Waals surface area (Å²) in [5.74, 6) is 0.715. The molecule has 0 unspecified atom stereocenters. The number of alkyl halides is 1. The van der Waals surface area contributed by atoms with Crippen LogP contribution in [0.1, 0.15) is 17.7 Å². The van der Waals surface area contributed by atoms with Crippen molar-refractivity contribution in [2.75, 3.05) is 36.1 Å². The summed E-state index contributed by atoms with van der Waals surface area (Å²) in [6.07, 6.45) is 4.48. The number of hydrogen-bond acceptors (Lipinski definition) is 8. The number of anilines is 3. The summed E-state index contributed by atoms with van der Waals surface area (Å²) in [7, 11) is -1.30. The Morgan fingerprint density at radius 1 is 1.39 bits per heavy atom. The molecule has 0 aromatic carbocycles. The Kier molecular flexibility index (Phi) is 5.84. The molecule has 1 saturated heterocycles. The zero-order valence-electron chi connectivity index (χ0n) is 16.3. The summed E-state index contributed by atoms with van der Waals surface area (Å²) >= 11 is 0. The lowest BCUT2D eigenvalue weighted by atomic mass is 10.0. The number of likely N-dealkylation sites (tertiary alicyclic amines) is 1. The molecule has 28 heavy (non-hydrogen) atoms. The summed E-state index contributed by atoms with van der Waals surface area (Å²) in [4.78, 5) is 10.7. The standard InChI is InChI=1S/C17H26FN7O2S/c1-11-15(7-14-6-12(18)9-25(14)4-5-28(3,26)27)22-17(23-16(11)19)21-13-8-20-24(2)10-13/h8,10,12,14H,4-7,9H2,1-3H3,(H3,19,21,22,23)/t12-,14+/m0/s1. The van der Waals surface area contributed by atoms with E-state index in [-0.39, 0.29) is 18.3 Å². The Morgan fingerprint density at radius 3 is 2.79 bits per heavy atom. The van der Waals surface area contributed by atoms with Gasteiger partial charge in [-0.15, -0.1) is 0 Å². The molecule has 0 radical (unpaired) electrons. The second-order valence-electron chi connectivity index (χ2n) is 7.35. The fourth-order valence-corrected chi connectivity index (χ4v) is 3.93. The number of halogens is 1. The molecule has 0 aliphatic carbocycles. The predicted molar refractivity (Wildman–Crippen MR) is 106 cm³/mol. The number of sulfone groups is 1. The van der Waals surface area contributed by atoms with Crippen LogP contribution in [0.3, 0.4) is 0 Å². The average Bonchev–Trinajstić information content (AvgIpc) is 3.14. The van der Waals surface area contributed by atoms with E-state index in [4.69, 9.17) is 5.73 Å². The second-order valence-corrected chi connectivity index (χ2v) is 9.61. The van der Waals surface area contributed by atoms with E-state index in [0.29, 0.717) is 31.2 Å². The minimum absolute atomic E-state index is 0.00886. The van der Waals surface area contributed by atoms with Gasteiger partial charge >= 0.3 is 0 Å². The molecule has 0 bridgehead atoms. The van der Waals surface area contributed by atoms with Crippen molar-refractivity contribution in [3.05, 3.63) is 23.7 Å². The zero-order chi connectivity index (χ0) is 20.5. The quantitative estimate of drug-likeness (QED) is 0.688. The van der Waals surface area contributed by atoms with Crippen LogP contribution in [-0.4, -0.2) is 70.4 Å². The van der Waals surface area contributed by atoms with Crippen LogP contribution < -0.4 is 11.1 Å². The Morgan fingerprint density at radius 2 is 2.14 bits per heavy atom. The van der Waals surface area contributed by atoms with E-state index in [1.54, 1.807) is 24.1 Å². The maximum absolute atomic E-state index is 14.0. The molecule has 0 saturated carbocycles. The molecule has 1 aliphatic heterocycles. The Bertz CT molecular complexity index is 947. The lowest BCUT2D eigenvalue weighted by Gasteiger charge is -2.24. The average molecular weight is 412 g/mol. The molecular weight excluding hydrogens is 385 g/mol. The number of nitrogens with two attached hydrogens (primary N) is 1. The van der Waals surface area contributed by atoms with Crippen LogP contribution >= 0.6 is 0 Å². The van der Waals surface area contributed by atoms with Gasteiger partial charge in [-0.3, -0.25) is 9.58 Å². The van der Waals surface area contributed by atoms with E-state index in [0.717, 1.165) is 16.9 Å². The van der Waals surface area contributed by atoms with Gasteiger partial charge < -0.3 is 11.1 Å². The van der Waals surface area contributed by atoms with Gasteiger partial charge in [0.25, 0.3) is 0 Å². The first kappa shape index (κ1) is 20.5. The molecule has 154 valence electrons. The van der Waals surface area contributed by atoms with Crippen LogP contribution in [0.15, 0.2) is 12.4 Å². The minimum Gasteiger partial charge on any atom is -0.383 e. The van der Waals surface area contributed by atoms with Crippen molar-refractivity contribution in [2.24, 2.45) is 7.05 Å². The Balaban J connectivity index is 1.77. The smallest absolute Gasteiger partial charge is 0.229 e. The summed E-state index contributed by atoms with van der Waals surface area (Å²) in [6.45, 7) is 2.38. The molecule has 0 amide bonds. The molecule has 3 rings (SSSR count). The van der Waals surface area contributed by atoms with Crippen molar-refractivity contribution < 1.29 is 12.8 Å². The van der Waals surface area contributed by atoms with E-state index in [2.05, 4.69) is 20.4 Å². The summed E-state index contributed by atoms with van der Waals surface area (Å²) < 4.78 is 38.6. The molecule has 1 aliphatic rings. The lowest BCUT2D eigenvalue weighted by Crippen LogP contribution is -2.35. The highest BCUT2D eigenvalue weighted by molar-refractivity contribution is 7.90. The van der Waals surface area contributed by atoms with Gasteiger partial charge in [0.05, 0.1) is 23.3 Å². The minimum atomic E-state index is -3.11. The first-order valence-corrected chi connectivity index (χ1v) is 11.1. The normalized spacial score (nSPS) is 20.6. The second kappa shape index (κ2) is 8.00. The van der Waals surface area contributed by atoms with Crippen molar-refractivity contribution in [3.8, 4) is 0 Å². The Labute approximate surface area is 164 Å². The lowest BCUT2D eigenvalue weighted by molar-refractivity contribution is 0.254. The van der Waals surface area contributed by atoms with Crippen LogP contribution in [-0.2, 0) is 23.3 Å². The highest BCUT2D eigenvalue weighted by atomic mass is 32.2. The molecule has 2 atom stereocenters. The van der Waals surface area contributed by atoms with E-state index in [1.165, 1.54) is 6.26 Å². The highest BCUT2D eigenvalue weighted by Crippen LogP contribution is 2.26. The van der Waals surface area contributed by atoms with Gasteiger partial charge in [0.15, 0.2) is 0 Å². The summed E-state index contributed by atoms with van der Waals surface area (Å²) in [5.41, 5.74) is 8.26. The maximum Gasteiger partial charge on any atom is 0.229 e. The fraction of sp³-hybridized carbons (Fsp3) is 0.588. The number of rotatable bonds is 7. The maximum atomic E-state index is 14.0. The number of aromatic nitrogens is 4. The molecule has 1 fully saturated rings. The third kappa shape index (κ3) is 5.16. The van der Waals surface area contributed by atoms with Gasteiger partial charge in [-0.2, -0.15) is 10.1 Å². The summed E-state index contributed by atoms with van der Waals surface area (Å²) in [5, 5.41) is 7.16. The molecule has 3 N–H and O–H groups in total. The Hall–Kier alpha value is -2.27. The van der Waals surface area contributed by atoms with Crippen LogP contribution in [0.4, 0.5) is 21.8 Å². The monoisotopic (exact) mass is 411 g/mol. The van der Waals surface area contributed by atoms with E-state index >= 15 is 0 Å². The van der Waals surface area contributed by atoms with Crippen molar-refractivity contribution in [2.45, 2.75) is 32.0 Å². The van der Waals surface area contributed by atoms with Crippen molar-refractivity contribution in [1.82, 2.24) is 24.6 Å². The van der Waals surface area contributed by atoms with Gasteiger partial charge in [-0.1, -0.05) is 0 Å². The molecular formula is C17H26FN7O2S. The number of hydrogen-bond donors (Lipinski definition) is 2. The molecule has 11 heteroatoms. The zero-order valence-corrected chi connectivity index (χ0v) is 17.1. The highest BCUT2D eigenvalue weighted by Gasteiger charge is 2.33. The third-order valence-electron chi connectivity index (χ3n) is 4.90. The molecule has 3 heterocycles. The largest absolute Gasteiger partial charge is 0.383 e. The van der Waals surface area contributed by atoms with E-state index < -0.39 is 16.0 Å².